The van der Waals surface area contributed by atoms with Gasteiger partial charge in [0.05, 0.1) is 0 Å². The Kier molecular flexibility index (Phi) is 5.38. The van der Waals surface area contributed by atoms with Gasteiger partial charge in [-0.15, -0.1) is 6.42 Å². The van der Waals surface area contributed by atoms with E-state index in [1.54, 1.807) is 0 Å². The summed E-state index contributed by atoms with van der Waals surface area (Å²) in [5.41, 5.74) is 4.00. The van der Waals surface area contributed by atoms with Crippen LogP contribution in [-0.4, -0.2) is 40.8 Å². The molecule has 0 radical (unpaired) electrons. The van der Waals surface area contributed by atoms with Gasteiger partial charge in [0.1, 0.15) is 6.04 Å². The molecular weight excluding hydrogens is 224 g/mol. The molecule has 0 aromatic heterocycles. The van der Waals surface area contributed by atoms with Crippen molar-refractivity contribution < 1.29 is 19.8 Å². The lowest BCUT2D eigenvalue weighted by Crippen LogP contribution is -2.47. The van der Waals surface area contributed by atoms with E-state index in [0.717, 1.165) is 0 Å². The van der Waals surface area contributed by atoms with Crippen molar-refractivity contribution in [3.05, 3.63) is 12.2 Å². The number of carbonyl (C=O) groups is 2. The number of nitrogens with one attached hydrogen (secondary N) is 1. The molecular formula is C11H16N2O4. The maximum atomic E-state index is 10.8. The molecule has 0 aromatic carbocycles. The molecule has 6 heteroatoms. The average molecular weight is 240 g/mol. The highest BCUT2D eigenvalue weighted by atomic mass is 16.4. The second kappa shape index (κ2) is 6.03. The Balaban J connectivity index is 4.61. The molecule has 2 atom stereocenters. The summed E-state index contributed by atoms with van der Waals surface area (Å²) in [6.07, 6.45) is 4.96. The summed E-state index contributed by atoms with van der Waals surface area (Å²) in [5, 5.41) is 20.2. The van der Waals surface area contributed by atoms with Gasteiger partial charge in [0, 0.05) is 6.42 Å². The van der Waals surface area contributed by atoms with E-state index in [2.05, 4.69) is 11.9 Å². The van der Waals surface area contributed by atoms with E-state index in [4.69, 9.17) is 22.4 Å². The van der Waals surface area contributed by atoms with Crippen molar-refractivity contribution in [3.8, 4) is 12.3 Å². The van der Waals surface area contributed by atoms with Crippen LogP contribution < -0.4 is 11.1 Å². The van der Waals surface area contributed by atoms with Gasteiger partial charge in [0.2, 0.25) is 0 Å². The minimum absolute atomic E-state index is 0.0692. The van der Waals surface area contributed by atoms with Crippen LogP contribution >= 0.6 is 0 Å². The molecule has 17 heavy (non-hydrogen) atoms. The predicted molar refractivity (Wildman–Crippen MR) is 62.2 cm³/mol. The summed E-state index contributed by atoms with van der Waals surface area (Å²) < 4.78 is 0. The molecule has 5 N–H and O–H groups in total. The summed E-state index contributed by atoms with van der Waals surface area (Å²) >= 11 is 0. The zero-order valence-electron chi connectivity index (χ0n) is 9.56. The molecule has 6 nitrogen and oxygen atoms in total. The maximum absolute atomic E-state index is 10.8. The molecule has 0 rings (SSSR count). The zero-order chi connectivity index (χ0) is 13.6. The van der Waals surface area contributed by atoms with Crippen LogP contribution in [-0.2, 0) is 9.59 Å². The molecule has 94 valence electrons. The van der Waals surface area contributed by atoms with Crippen molar-refractivity contribution in [1.29, 1.82) is 0 Å². The number of aliphatic carboxylic acids is 2. The Morgan fingerprint density at radius 1 is 1.59 bits per heavy atom. The lowest BCUT2D eigenvalue weighted by Gasteiger charge is -2.21. The van der Waals surface area contributed by atoms with Crippen molar-refractivity contribution in [3.63, 3.8) is 0 Å². The van der Waals surface area contributed by atoms with Crippen LogP contribution in [0.1, 0.15) is 12.8 Å². The number of nitrogens with two attached hydrogens (primary N) is 1. The highest BCUT2D eigenvalue weighted by Gasteiger charge is 2.33. The Hall–Kier alpha value is -1.84. The van der Waals surface area contributed by atoms with Crippen LogP contribution in [0.5, 0.6) is 0 Å². The molecule has 0 bridgehead atoms. The Bertz CT molecular complexity index is 372. The third kappa shape index (κ3) is 4.26. The fourth-order valence-electron chi connectivity index (χ4n) is 1.26. The van der Waals surface area contributed by atoms with Gasteiger partial charge in [-0.3, -0.25) is 4.79 Å². The van der Waals surface area contributed by atoms with Gasteiger partial charge in [-0.25, -0.2) is 4.79 Å². The normalized spacial score (nSPS) is 15.4. The summed E-state index contributed by atoms with van der Waals surface area (Å²) in [4.78, 5) is 21.6. The van der Waals surface area contributed by atoms with Gasteiger partial charge in [-0.1, -0.05) is 18.1 Å². The molecule has 0 aliphatic heterocycles. The molecule has 0 fully saturated rings. The van der Waals surface area contributed by atoms with E-state index in [0.29, 0.717) is 5.57 Å². The molecule has 0 saturated heterocycles. The van der Waals surface area contributed by atoms with Gasteiger partial charge in [0.25, 0.3) is 0 Å². The van der Waals surface area contributed by atoms with Gasteiger partial charge in [0.15, 0.2) is 5.54 Å². The van der Waals surface area contributed by atoms with Crippen LogP contribution in [0.3, 0.4) is 0 Å². The third-order valence-electron chi connectivity index (χ3n) is 2.31. The zero-order valence-corrected chi connectivity index (χ0v) is 9.56. The van der Waals surface area contributed by atoms with Crippen molar-refractivity contribution in [2.75, 3.05) is 7.05 Å². The number of likely N-dealkylation sites (N-methyl/N-ethyl adjacent to an activating group) is 1. The molecule has 0 aliphatic rings. The van der Waals surface area contributed by atoms with Crippen molar-refractivity contribution in [2.24, 2.45) is 5.73 Å². The smallest absolute Gasteiger partial charge is 0.336 e. The largest absolute Gasteiger partial charge is 0.480 e. The van der Waals surface area contributed by atoms with Crippen LogP contribution in [0.25, 0.3) is 0 Å². The lowest BCUT2D eigenvalue weighted by atomic mass is 9.90. The first-order valence-electron chi connectivity index (χ1n) is 4.83. The molecule has 0 aromatic rings. The van der Waals surface area contributed by atoms with E-state index in [-0.39, 0.29) is 12.8 Å². The van der Waals surface area contributed by atoms with Crippen LogP contribution in [0.15, 0.2) is 12.2 Å². The standard InChI is InChI=1S/C11H16N2O4/c1-4-11(12,10(16)17)6-7(2)5-8(13-3)9(14)15/h1,8,13H,2,5-6,12H2,3H3,(H,14,15)(H,16,17). The lowest BCUT2D eigenvalue weighted by molar-refractivity contribution is -0.141. The summed E-state index contributed by atoms with van der Waals surface area (Å²) in [6, 6.07) is -0.835. The number of hydrogen-bond acceptors (Lipinski definition) is 4. The second-order valence-electron chi connectivity index (χ2n) is 3.73. The van der Waals surface area contributed by atoms with Crippen molar-refractivity contribution in [2.45, 2.75) is 24.4 Å². The first-order chi connectivity index (χ1) is 7.76. The number of carboxylic acids is 2. The number of rotatable bonds is 7. The van der Waals surface area contributed by atoms with E-state index < -0.39 is 23.5 Å². The maximum Gasteiger partial charge on any atom is 0.336 e. The van der Waals surface area contributed by atoms with Crippen LogP contribution in [0, 0.1) is 12.3 Å². The van der Waals surface area contributed by atoms with Gasteiger partial charge < -0.3 is 21.3 Å². The summed E-state index contributed by atoms with van der Waals surface area (Å²) in [6.45, 7) is 3.60. The van der Waals surface area contributed by atoms with Gasteiger partial charge >= 0.3 is 11.9 Å². The summed E-state index contributed by atoms with van der Waals surface area (Å²) in [7, 11) is 1.49. The topological polar surface area (TPSA) is 113 Å². The highest BCUT2D eigenvalue weighted by molar-refractivity contribution is 5.83. The molecule has 0 amide bonds. The van der Waals surface area contributed by atoms with E-state index in [9.17, 15) is 9.59 Å². The molecule has 0 heterocycles. The average Bonchev–Trinajstić information content (AvgIpc) is 2.24. The number of terminal acetylenes is 1. The van der Waals surface area contributed by atoms with Gasteiger partial charge in [-0.05, 0) is 13.5 Å². The highest BCUT2D eigenvalue weighted by Crippen LogP contribution is 2.17. The quantitative estimate of drug-likeness (QED) is 0.349. The number of carboxylic acid groups (broad SMARTS) is 2. The van der Waals surface area contributed by atoms with E-state index >= 15 is 0 Å². The minimum atomic E-state index is -1.84. The Labute approximate surface area is 99.5 Å². The third-order valence-corrected chi connectivity index (χ3v) is 2.31. The molecule has 0 aliphatic carbocycles. The summed E-state index contributed by atoms with van der Waals surface area (Å²) in [5.74, 6) is -0.406. The minimum Gasteiger partial charge on any atom is -0.480 e. The van der Waals surface area contributed by atoms with Crippen molar-refractivity contribution >= 4 is 11.9 Å². The molecule has 0 spiro atoms. The van der Waals surface area contributed by atoms with Gasteiger partial charge in [-0.2, -0.15) is 0 Å². The van der Waals surface area contributed by atoms with E-state index in [1.165, 1.54) is 7.05 Å². The Morgan fingerprint density at radius 3 is 2.41 bits per heavy atom. The SMILES string of the molecule is C#CC(N)(CC(=C)CC(NC)C(=O)O)C(=O)O. The first kappa shape index (κ1) is 15.2. The Morgan fingerprint density at radius 2 is 2.12 bits per heavy atom. The van der Waals surface area contributed by atoms with Crippen LogP contribution in [0.2, 0.25) is 0 Å². The van der Waals surface area contributed by atoms with E-state index in [1.807, 2.05) is 5.92 Å². The fraction of sp³-hybridized carbons (Fsp3) is 0.455. The predicted octanol–water partition coefficient (Wildman–Crippen LogP) is -0.589. The van der Waals surface area contributed by atoms with Crippen LogP contribution in [0.4, 0.5) is 0 Å². The monoisotopic (exact) mass is 240 g/mol. The molecule has 2 unspecified atom stereocenters. The molecule has 0 saturated carbocycles. The number of hydrogen-bond donors (Lipinski definition) is 4. The van der Waals surface area contributed by atoms with Crippen molar-refractivity contribution in [1.82, 2.24) is 5.32 Å². The first-order valence-corrected chi connectivity index (χ1v) is 4.83. The second-order valence-corrected chi connectivity index (χ2v) is 3.73. The fourth-order valence-corrected chi connectivity index (χ4v) is 1.26.